The number of hydrogen-bond acceptors (Lipinski definition) is 6. The Balaban J connectivity index is 1.52. The summed E-state index contributed by atoms with van der Waals surface area (Å²) in [4.78, 5) is 0. The lowest BCUT2D eigenvalue weighted by molar-refractivity contribution is -0.371. The molecule has 0 bridgehead atoms. The Bertz CT molecular complexity index is 938. The van der Waals surface area contributed by atoms with E-state index in [0.717, 1.165) is 12.8 Å². The number of hydrogen-bond donors (Lipinski definition) is 0. The van der Waals surface area contributed by atoms with Crippen LogP contribution in [0.4, 0.5) is 39.5 Å². The van der Waals surface area contributed by atoms with Gasteiger partial charge in [0, 0.05) is 24.3 Å². The Kier molecular flexibility index (Phi) is 9.81. The van der Waals surface area contributed by atoms with Gasteiger partial charge in [0.15, 0.2) is 11.6 Å². The van der Waals surface area contributed by atoms with Gasteiger partial charge >= 0.3 is 18.6 Å². The molecule has 0 radical (unpaired) electrons. The average molecular weight is 568 g/mol. The van der Waals surface area contributed by atoms with E-state index >= 15 is 0 Å². The molecule has 1 aliphatic heterocycles. The Morgan fingerprint density at radius 3 is 2.08 bits per heavy atom. The normalized spacial score (nSPS) is 23.2. The summed E-state index contributed by atoms with van der Waals surface area (Å²) < 4.78 is 149. The van der Waals surface area contributed by atoms with Gasteiger partial charge < -0.3 is 28.4 Å². The standard InChI is InChI=1S/C23H25F9O6/c1-2-3-8-33-14-6-4-13(5-7-14)21(26,27)37-16-11-34-20(35-12-16)22(28,29)36-15-9-17(24)19(18(25)10-15)38-23(30,31)32/h4,9-10,14,16,20H,2-3,5-8,11-12H2,1H3. The maximum absolute atomic E-state index is 14.6. The molecular formula is C23H25F9O6. The number of halogens is 9. The van der Waals surface area contributed by atoms with Gasteiger partial charge in [0.2, 0.25) is 5.75 Å². The average Bonchev–Trinajstić information content (AvgIpc) is 2.81. The molecule has 0 amide bonds. The van der Waals surface area contributed by atoms with Crippen LogP contribution >= 0.6 is 0 Å². The first-order valence-corrected chi connectivity index (χ1v) is 11.6. The van der Waals surface area contributed by atoms with Crippen LogP contribution in [0, 0.1) is 11.6 Å². The predicted molar refractivity (Wildman–Crippen MR) is 111 cm³/mol. The van der Waals surface area contributed by atoms with Crippen LogP contribution in [0.15, 0.2) is 23.8 Å². The largest absolute Gasteiger partial charge is 0.573 e. The third kappa shape index (κ3) is 8.38. The SMILES string of the molecule is CCCCOC1CC=C(C(F)(F)OC2COC(C(F)(F)Oc3cc(F)c(OC(F)(F)F)c(F)c3)OC2)CC1. The maximum Gasteiger partial charge on any atom is 0.573 e. The highest BCUT2D eigenvalue weighted by atomic mass is 19.4. The number of unbranched alkanes of at least 4 members (excludes halogenated alkanes) is 1. The van der Waals surface area contributed by atoms with E-state index in [9.17, 15) is 39.5 Å². The van der Waals surface area contributed by atoms with Gasteiger partial charge in [-0.05, 0) is 25.7 Å². The first-order valence-electron chi connectivity index (χ1n) is 11.6. The summed E-state index contributed by atoms with van der Waals surface area (Å²) in [6.45, 7) is 0.994. The molecule has 1 unspecified atom stereocenters. The van der Waals surface area contributed by atoms with E-state index in [1.54, 1.807) is 0 Å². The fourth-order valence-corrected chi connectivity index (χ4v) is 3.67. The maximum atomic E-state index is 14.6. The zero-order chi connectivity index (χ0) is 28.1. The predicted octanol–water partition coefficient (Wildman–Crippen LogP) is 6.48. The molecule has 38 heavy (non-hydrogen) atoms. The van der Waals surface area contributed by atoms with Crippen molar-refractivity contribution in [2.24, 2.45) is 0 Å². The van der Waals surface area contributed by atoms with Crippen molar-refractivity contribution in [2.45, 2.75) is 76.1 Å². The highest BCUT2D eigenvalue weighted by Crippen LogP contribution is 2.38. The summed E-state index contributed by atoms with van der Waals surface area (Å²) in [5.74, 6) is -7.01. The van der Waals surface area contributed by atoms with Crippen molar-refractivity contribution in [1.82, 2.24) is 0 Å². The molecule has 1 atom stereocenters. The second-order valence-corrected chi connectivity index (χ2v) is 8.53. The van der Waals surface area contributed by atoms with Crippen LogP contribution in [-0.4, -0.2) is 56.9 Å². The van der Waals surface area contributed by atoms with Gasteiger partial charge in [-0.25, -0.2) is 8.78 Å². The molecule has 216 valence electrons. The van der Waals surface area contributed by atoms with Crippen molar-refractivity contribution >= 4 is 0 Å². The monoisotopic (exact) mass is 568 g/mol. The topological polar surface area (TPSA) is 55.4 Å². The summed E-state index contributed by atoms with van der Waals surface area (Å²) in [7, 11) is 0. The van der Waals surface area contributed by atoms with Gasteiger partial charge in [-0.3, -0.25) is 0 Å². The Hall–Kier alpha value is -2.23. The minimum Gasteiger partial charge on any atom is -0.429 e. The quantitative estimate of drug-likeness (QED) is 0.173. The molecular weight excluding hydrogens is 543 g/mol. The van der Waals surface area contributed by atoms with E-state index in [2.05, 4.69) is 9.47 Å². The zero-order valence-electron chi connectivity index (χ0n) is 20.0. The smallest absolute Gasteiger partial charge is 0.429 e. The summed E-state index contributed by atoms with van der Waals surface area (Å²) in [5.41, 5.74) is -0.286. The summed E-state index contributed by atoms with van der Waals surface area (Å²) >= 11 is 0. The van der Waals surface area contributed by atoms with Crippen LogP contribution in [0.2, 0.25) is 0 Å². The van der Waals surface area contributed by atoms with Crippen LogP contribution in [-0.2, 0) is 18.9 Å². The van der Waals surface area contributed by atoms with Crippen molar-refractivity contribution < 1.29 is 67.9 Å². The lowest BCUT2D eigenvalue weighted by Crippen LogP contribution is -2.50. The summed E-state index contributed by atoms with van der Waals surface area (Å²) in [6.07, 6.45) is -13.9. The molecule has 0 spiro atoms. The fraction of sp³-hybridized carbons (Fsp3) is 0.652. The number of alkyl halides is 7. The minimum absolute atomic E-state index is 0.00663. The summed E-state index contributed by atoms with van der Waals surface area (Å²) in [5, 5.41) is 0. The van der Waals surface area contributed by atoms with E-state index in [-0.39, 0.29) is 36.7 Å². The Morgan fingerprint density at radius 2 is 1.55 bits per heavy atom. The lowest BCUT2D eigenvalue weighted by Gasteiger charge is -2.35. The molecule has 1 saturated heterocycles. The zero-order valence-corrected chi connectivity index (χ0v) is 20.0. The van der Waals surface area contributed by atoms with Gasteiger partial charge in [-0.15, -0.1) is 13.2 Å². The van der Waals surface area contributed by atoms with Crippen molar-refractivity contribution in [3.63, 3.8) is 0 Å². The molecule has 1 aromatic carbocycles. The molecule has 1 heterocycles. The molecule has 3 rings (SSSR count). The molecule has 15 heteroatoms. The van der Waals surface area contributed by atoms with E-state index in [1.807, 2.05) is 6.92 Å². The van der Waals surface area contributed by atoms with Crippen molar-refractivity contribution in [3.05, 3.63) is 35.4 Å². The second kappa shape index (κ2) is 12.3. The summed E-state index contributed by atoms with van der Waals surface area (Å²) in [6, 6.07) is 0.0648. The Labute approximate surface area is 211 Å². The van der Waals surface area contributed by atoms with E-state index in [1.165, 1.54) is 6.08 Å². The van der Waals surface area contributed by atoms with Crippen molar-refractivity contribution in [2.75, 3.05) is 19.8 Å². The molecule has 0 aromatic heterocycles. The van der Waals surface area contributed by atoms with Crippen LogP contribution < -0.4 is 9.47 Å². The number of rotatable bonds is 11. The first-order chi connectivity index (χ1) is 17.7. The van der Waals surface area contributed by atoms with Crippen LogP contribution in [0.5, 0.6) is 11.5 Å². The first kappa shape index (κ1) is 30.3. The molecule has 2 aliphatic rings. The highest BCUT2D eigenvalue weighted by Gasteiger charge is 2.49. The number of ether oxygens (including phenoxy) is 6. The third-order valence-electron chi connectivity index (χ3n) is 5.49. The van der Waals surface area contributed by atoms with Crippen molar-refractivity contribution in [3.8, 4) is 11.5 Å². The van der Waals surface area contributed by atoms with Crippen LogP contribution in [0.25, 0.3) is 0 Å². The molecule has 1 aromatic rings. The third-order valence-corrected chi connectivity index (χ3v) is 5.49. The van der Waals surface area contributed by atoms with Gasteiger partial charge in [-0.2, -0.15) is 17.6 Å². The molecule has 0 N–H and O–H groups in total. The van der Waals surface area contributed by atoms with Gasteiger partial charge in [0.05, 0.1) is 19.3 Å². The highest BCUT2D eigenvalue weighted by molar-refractivity contribution is 5.35. The molecule has 1 aliphatic carbocycles. The van der Waals surface area contributed by atoms with E-state index in [4.69, 9.17) is 18.9 Å². The van der Waals surface area contributed by atoms with Gasteiger partial charge in [0.25, 0.3) is 6.29 Å². The molecule has 0 saturated carbocycles. The second-order valence-electron chi connectivity index (χ2n) is 8.53. The van der Waals surface area contributed by atoms with Crippen molar-refractivity contribution in [1.29, 1.82) is 0 Å². The van der Waals surface area contributed by atoms with E-state index < -0.39 is 67.3 Å². The van der Waals surface area contributed by atoms with Gasteiger partial charge in [-0.1, -0.05) is 19.4 Å². The molecule has 6 nitrogen and oxygen atoms in total. The fourth-order valence-electron chi connectivity index (χ4n) is 3.67. The Morgan fingerprint density at radius 1 is 0.921 bits per heavy atom. The number of benzene rings is 1. The van der Waals surface area contributed by atoms with Gasteiger partial charge in [0.1, 0.15) is 11.9 Å². The van der Waals surface area contributed by atoms with E-state index in [0.29, 0.717) is 13.0 Å². The molecule has 1 fully saturated rings. The van der Waals surface area contributed by atoms with Crippen LogP contribution in [0.1, 0.15) is 39.0 Å². The van der Waals surface area contributed by atoms with Crippen LogP contribution in [0.3, 0.4) is 0 Å². The minimum atomic E-state index is -5.44. The lowest BCUT2D eigenvalue weighted by atomic mass is 9.96.